The van der Waals surface area contributed by atoms with Crippen LogP contribution in [0.1, 0.15) is 29.0 Å². The number of anilines is 2. The number of halogens is 1. The fraction of sp³-hybridized carbons (Fsp3) is 0.105. The summed E-state index contributed by atoms with van der Waals surface area (Å²) in [6, 6.07) is 17.4. The highest BCUT2D eigenvalue weighted by Gasteiger charge is 2.12. The Kier molecular flexibility index (Phi) is 5.40. The van der Waals surface area contributed by atoms with Crippen molar-refractivity contribution in [2.45, 2.75) is 13.0 Å². The van der Waals surface area contributed by atoms with Gasteiger partial charge in [0.1, 0.15) is 11.5 Å². The van der Waals surface area contributed by atoms with Crippen LogP contribution in [0.3, 0.4) is 0 Å². The van der Waals surface area contributed by atoms with Crippen LogP contribution in [0.5, 0.6) is 0 Å². The van der Waals surface area contributed by atoms with E-state index in [9.17, 15) is 4.79 Å². The molecule has 3 rings (SSSR count). The van der Waals surface area contributed by atoms with Gasteiger partial charge in [-0.15, -0.1) is 0 Å². The number of amides is 1. The molecular formula is C19H17BrN4O. The highest BCUT2D eigenvalue weighted by Crippen LogP contribution is 2.17. The van der Waals surface area contributed by atoms with Crippen LogP contribution >= 0.6 is 15.9 Å². The summed E-state index contributed by atoms with van der Waals surface area (Å²) >= 11 is 3.39. The van der Waals surface area contributed by atoms with Crippen molar-refractivity contribution in [3.8, 4) is 0 Å². The van der Waals surface area contributed by atoms with E-state index in [0.717, 1.165) is 15.7 Å². The summed E-state index contributed by atoms with van der Waals surface area (Å²) in [4.78, 5) is 20.7. The van der Waals surface area contributed by atoms with Crippen LogP contribution < -0.4 is 10.6 Å². The van der Waals surface area contributed by atoms with Crippen molar-refractivity contribution >= 4 is 33.3 Å². The lowest BCUT2D eigenvalue weighted by atomic mass is 10.1. The Morgan fingerprint density at radius 3 is 2.36 bits per heavy atom. The summed E-state index contributed by atoms with van der Waals surface area (Å²) in [6.45, 7) is 1.93. The normalized spacial score (nSPS) is 11.6. The summed E-state index contributed by atoms with van der Waals surface area (Å²) in [6.07, 6.45) is 3.01. The zero-order chi connectivity index (χ0) is 17.6. The Hall–Kier alpha value is -2.73. The molecule has 3 aromatic rings. The Balaban J connectivity index is 1.63. The van der Waals surface area contributed by atoms with Crippen molar-refractivity contribution in [2.75, 3.05) is 5.32 Å². The molecule has 0 saturated carbocycles. The van der Waals surface area contributed by atoms with Gasteiger partial charge in [0.25, 0.3) is 5.91 Å². The lowest BCUT2D eigenvalue weighted by Crippen LogP contribution is -2.27. The Morgan fingerprint density at radius 1 is 1.00 bits per heavy atom. The topological polar surface area (TPSA) is 66.9 Å². The third-order valence-corrected chi connectivity index (χ3v) is 4.18. The molecule has 0 aliphatic rings. The van der Waals surface area contributed by atoms with E-state index in [2.05, 4.69) is 36.5 Å². The molecular weight excluding hydrogens is 380 g/mol. The zero-order valence-electron chi connectivity index (χ0n) is 13.6. The maximum Gasteiger partial charge on any atom is 0.271 e. The predicted molar refractivity (Wildman–Crippen MR) is 102 cm³/mol. The Labute approximate surface area is 154 Å². The van der Waals surface area contributed by atoms with Gasteiger partial charge in [-0.2, -0.15) is 0 Å². The molecule has 25 heavy (non-hydrogen) atoms. The summed E-state index contributed by atoms with van der Waals surface area (Å²) in [7, 11) is 0. The first kappa shape index (κ1) is 17.1. The second kappa shape index (κ2) is 7.90. The average molecular weight is 397 g/mol. The highest BCUT2D eigenvalue weighted by molar-refractivity contribution is 9.10. The molecule has 1 heterocycles. The molecule has 2 aromatic carbocycles. The SMILES string of the molecule is CC(NC(=O)c1cnc(Nc2ccc(Br)cc2)cn1)c1ccccc1. The minimum atomic E-state index is -0.251. The Morgan fingerprint density at radius 2 is 1.72 bits per heavy atom. The van der Waals surface area contributed by atoms with Gasteiger partial charge in [0.05, 0.1) is 18.4 Å². The van der Waals surface area contributed by atoms with Crippen molar-refractivity contribution in [3.63, 3.8) is 0 Å². The van der Waals surface area contributed by atoms with Crippen molar-refractivity contribution in [2.24, 2.45) is 0 Å². The van der Waals surface area contributed by atoms with E-state index in [1.54, 1.807) is 6.20 Å². The molecule has 1 aromatic heterocycles. The van der Waals surface area contributed by atoms with Gasteiger partial charge in [0.15, 0.2) is 0 Å². The maximum absolute atomic E-state index is 12.3. The molecule has 5 nitrogen and oxygen atoms in total. The van der Waals surface area contributed by atoms with Crippen LogP contribution in [-0.4, -0.2) is 15.9 Å². The van der Waals surface area contributed by atoms with E-state index >= 15 is 0 Å². The van der Waals surface area contributed by atoms with Gasteiger partial charge in [-0.05, 0) is 36.8 Å². The van der Waals surface area contributed by atoms with Gasteiger partial charge in [-0.1, -0.05) is 46.3 Å². The number of benzene rings is 2. The van der Waals surface area contributed by atoms with Crippen molar-refractivity contribution in [1.29, 1.82) is 0 Å². The van der Waals surface area contributed by atoms with E-state index in [1.165, 1.54) is 6.20 Å². The van der Waals surface area contributed by atoms with Crippen molar-refractivity contribution in [1.82, 2.24) is 15.3 Å². The molecule has 1 amide bonds. The van der Waals surface area contributed by atoms with Gasteiger partial charge in [0.2, 0.25) is 0 Å². The Bertz CT molecular complexity index is 836. The molecule has 0 aliphatic carbocycles. The highest BCUT2D eigenvalue weighted by atomic mass is 79.9. The van der Waals surface area contributed by atoms with Crippen LogP contribution in [0.25, 0.3) is 0 Å². The van der Waals surface area contributed by atoms with E-state index in [4.69, 9.17) is 0 Å². The monoisotopic (exact) mass is 396 g/mol. The second-order valence-electron chi connectivity index (χ2n) is 5.52. The summed E-state index contributed by atoms with van der Waals surface area (Å²) in [5.74, 6) is 0.328. The first-order valence-electron chi connectivity index (χ1n) is 7.82. The maximum atomic E-state index is 12.3. The average Bonchev–Trinajstić information content (AvgIpc) is 2.65. The van der Waals surface area contributed by atoms with Crippen LogP contribution in [0.4, 0.5) is 11.5 Å². The van der Waals surface area contributed by atoms with Crippen molar-refractivity contribution in [3.05, 3.63) is 82.7 Å². The number of rotatable bonds is 5. The van der Waals surface area contributed by atoms with E-state index < -0.39 is 0 Å². The first-order chi connectivity index (χ1) is 12.1. The number of hydrogen-bond donors (Lipinski definition) is 2. The van der Waals surface area contributed by atoms with Crippen LogP contribution in [-0.2, 0) is 0 Å². The minimum absolute atomic E-state index is 0.101. The minimum Gasteiger partial charge on any atom is -0.344 e. The number of carbonyl (C=O) groups is 1. The fourth-order valence-electron chi connectivity index (χ4n) is 2.29. The number of nitrogens with one attached hydrogen (secondary N) is 2. The van der Waals surface area contributed by atoms with Crippen LogP contribution in [0.15, 0.2) is 71.5 Å². The molecule has 126 valence electrons. The summed E-state index contributed by atoms with van der Waals surface area (Å²) in [5.41, 5.74) is 2.22. The van der Waals surface area contributed by atoms with Gasteiger partial charge in [0, 0.05) is 10.2 Å². The molecule has 1 atom stereocenters. The fourth-order valence-corrected chi connectivity index (χ4v) is 2.55. The summed E-state index contributed by atoms with van der Waals surface area (Å²) < 4.78 is 1.00. The molecule has 0 saturated heterocycles. The van der Waals surface area contributed by atoms with Crippen LogP contribution in [0, 0.1) is 0 Å². The summed E-state index contributed by atoms with van der Waals surface area (Å²) in [5, 5.41) is 6.06. The molecule has 1 unspecified atom stereocenters. The van der Waals surface area contributed by atoms with Gasteiger partial charge >= 0.3 is 0 Å². The van der Waals surface area contributed by atoms with E-state index in [1.807, 2.05) is 61.5 Å². The number of aromatic nitrogens is 2. The number of carbonyl (C=O) groups excluding carboxylic acids is 1. The smallest absolute Gasteiger partial charge is 0.271 e. The largest absolute Gasteiger partial charge is 0.344 e. The van der Waals surface area contributed by atoms with Crippen LogP contribution in [0.2, 0.25) is 0 Å². The molecule has 2 N–H and O–H groups in total. The quantitative estimate of drug-likeness (QED) is 0.667. The molecule has 0 aliphatic heterocycles. The zero-order valence-corrected chi connectivity index (χ0v) is 15.2. The molecule has 6 heteroatoms. The molecule has 0 fully saturated rings. The lowest BCUT2D eigenvalue weighted by Gasteiger charge is -2.14. The second-order valence-corrected chi connectivity index (χ2v) is 6.44. The molecule has 0 bridgehead atoms. The van der Waals surface area contributed by atoms with E-state index in [-0.39, 0.29) is 17.6 Å². The third-order valence-electron chi connectivity index (χ3n) is 3.65. The van der Waals surface area contributed by atoms with Gasteiger partial charge < -0.3 is 10.6 Å². The first-order valence-corrected chi connectivity index (χ1v) is 8.61. The van der Waals surface area contributed by atoms with Gasteiger partial charge in [-0.3, -0.25) is 4.79 Å². The number of hydrogen-bond acceptors (Lipinski definition) is 4. The standard InChI is InChI=1S/C19H17BrN4O/c1-13(14-5-3-2-4-6-14)23-19(25)17-11-22-18(12-21-17)24-16-9-7-15(20)8-10-16/h2-13H,1H3,(H,22,24)(H,23,25). The predicted octanol–water partition coefficient (Wildman–Crippen LogP) is 4.47. The molecule has 0 spiro atoms. The molecule has 0 radical (unpaired) electrons. The number of nitrogens with zero attached hydrogens (tertiary/aromatic N) is 2. The van der Waals surface area contributed by atoms with E-state index in [0.29, 0.717) is 5.82 Å². The lowest BCUT2D eigenvalue weighted by molar-refractivity contribution is 0.0934. The van der Waals surface area contributed by atoms with Crippen molar-refractivity contribution < 1.29 is 4.79 Å². The van der Waals surface area contributed by atoms with Gasteiger partial charge in [-0.25, -0.2) is 9.97 Å². The third kappa shape index (κ3) is 4.64.